The molecule has 1 saturated heterocycles. The Labute approximate surface area is 171 Å². The smallest absolute Gasteiger partial charge is 0.244 e. The first-order valence-electron chi connectivity index (χ1n) is 9.44. The molecule has 1 N–H and O–H groups in total. The molecule has 156 valence electrons. The normalized spacial score (nSPS) is 17.1. The highest BCUT2D eigenvalue weighted by Crippen LogP contribution is 2.30. The number of nitrogens with zero attached hydrogens (tertiary/aromatic N) is 1. The zero-order valence-electron chi connectivity index (χ0n) is 16.8. The van der Waals surface area contributed by atoms with E-state index in [1.54, 1.807) is 26.2 Å². The third-order valence-electron chi connectivity index (χ3n) is 5.13. The summed E-state index contributed by atoms with van der Waals surface area (Å²) in [5.74, 6) is 0.832. The molecule has 1 aliphatic heterocycles. The topological polar surface area (TPSA) is 84.9 Å². The number of carbonyl (C=O) groups excluding carboxylic acids is 1. The molecule has 0 bridgehead atoms. The minimum Gasteiger partial charge on any atom is -0.497 e. The number of methoxy groups -OCH3 is 2. The standard InChI is InChI=1S/C21H26N2O5S/c1-15-10-11-17(27-2)13-20(15)29(25,26)23-12-6-8-18(23)21(24)22-14-16-7-4-5-9-19(16)28-3/h4-5,7,9-11,13,18H,6,8,12,14H2,1-3H3,(H,22,24)/t18-/m0/s1. The Morgan fingerprint density at radius 1 is 1.17 bits per heavy atom. The van der Waals surface area contributed by atoms with Gasteiger partial charge in [-0.3, -0.25) is 4.79 Å². The van der Waals surface area contributed by atoms with Gasteiger partial charge in [-0.25, -0.2) is 8.42 Å². The van der Waals surface area contributed by atoms with Crippen LogP contribution in [0.5, 0.6) is 11.5 Å². The lowest BCUT2D eigenvalue weighted by atomic mass is 10.2. The van der Waals surface area contributed by atoms with Crippen molar-refractivity contribution in [1.29, 1.82) is 0 Å². The molecule has 29 heavy (non-hydrogen) atoms. The van der Waals surface area contributed by atoms with Crippen molar-refractivity contribution in [2.75, 3.05) is 20.8 Å². The number of ether oxygens (including phenoxy) is 2. The van der Waals surface area contributed by atoms with Crippen LogP contribution in [0, 0.1) is 6.92 Å². The van der Waals surface area contributed by atoms with Gasteiger partial charge >= 0.3 is 0 Å². The van der Waals surface area contributed by atoms with Crippen LogP contribution in [-0.2, 0) is 21.4 Å². The molecule has 8 heteroatoms. The van der Waals surface area contributed by atoms with Crippen LogP contribution in [0.2, 0.25) is 0 Å². The summed E-state index contributed by atoms with van der Waals surface area (Å²) < 4.78 is 38.3. The minimum absolute atomic E-state index is 0.168. The summed E-state index contributed by atoms with van der Waals surface area (Å²) in [7, 11) is -0.761. The number of rotatable bonds is 7. The molecule has 0 radical (unpaired) electrons. The fourth-order valence-corrected chi connectivity index (χ4v) is 5.45. The molecular formula is C21H26N2O5S. The van der Waals surface area contributed by atoms with Crippen LogP contribution in [0.15, 0.2) is 47.4 Å². The molecular weight excluding hydrogens is 392 g/mol. The van der Waals surface area contributed by atoms with Crippen LogP contribution in [0.4, 0.5) is 0 Å². The largest absolute Gasteiger partial charge is 0.497 e. The number of carbonyl (C=O) groups is 1. The Morgan fingerprint density at radius 3 is 2.66 bits per heavy atom. The molecule has 0 spiro atoms. The van der Waals surface area contributed by atoms with Gasteiger partial charge in [0.1, 0.15) is 17.5 Å². The van der Waals surface area contributed by atoms with Crippen LogP contribution in [0.1, 0.15) is 24.0 Å². The number of hydrogen-bond acceptors (Lipinski definition) is 5. The Kier molecular flexibility index (Phi) is 6.44. The van der Waals surface area contributed by atoms with Crippen molar-refractivity contribution in [2.24, 2.45) is 0 Å². The molecule has 0 aliphatic carbocycles. The molecule has 1 amide bonds. The number of nitrogens with one attached hydrogen (secondary N) is 1. The maximum absolute atomic E-state index is 13.3. The van der Waals surface area contributed by atoms with Gasteiger partial charge in [-0.2, -0.15) is 4.31 Å². The Hall–Kier alpha value is -2.58. The van der Waals surface area contributed by atoms with Gasteiger partial charge in [0, 0.05) is 24.7 Å². The quantitative estimate of drug-likeness (QED) is 0.747. The summed E-state index contributed by atoms with van der Waals surface area (Å²) >= 11 is 0. The zero-order chi connectivity index (χ0) is 21.0. The molecule has 1 aliphatic rings. The molecule has 2 aromatic carbocycles. The second kappa shape index (κ2) is 8.84. The molecule has 3 rings (SSSR count). The summed E-state index contributed by atoms with van der Waals surface area (Å²) in [6.45, 7) is 2.32. The summed E-state index contributed by atoms with van der Waals surface area (Å²) in [6, 6.07) is 11.6. The first-order chi connectivity index (χ1) is 13.9. The van der Waals surface area contributed by atoms with Gasteiger partial charge in [-0.05, 0) is 37.5 Å². The maximum Gasteiger partial charge on any atom is 0.244 e. The Bertz CT molecular complexity index is 990. The van der Waals surface area contributed by atoms with E-state index in [4.69, 9.17) is 9.47 Å². The predicted molar refractivity (Wildman–Crippen MR) is 109 cm³/mol. The van der Waals surface area contributed by atoms with Gasteiger partial charge < -0.3 is 14.8 Å². The van der Waals surface area contributed by atoms with Crippen LogP contribution >= 0.6 is 0 Å². The van der Waals surface area contributed by atoms with Crippen molar-refractivity contribution in [3.8, 4) is 11.5 Å². The van der Waals surface area contributed by atoms with Crippen molar-refractivity contribution in [3.05, 3.63) is 53.6 Å². The van der Waals surface area contributed by atoms with Crippen LogP contribution in [-0.4, -0.2) is 45.4 Å². The molecule has 0 unspecified atom stereocenters. The van der Waals surface area contributed by atoms with Crippen molar-refractivity contribution in [1.82, 2.24) is 9.62 Å². The van der Waals surface area contributed by atoms with Crippen LogP contribution < -0.4 is 14.8 Å². The van der Waals surface area contributed by atoms with Gasteiger partial charge in [-0.15, -0.1) is 0 Å². The summed E-state index contributed by atoms with van der Waals surface area (Å²) in [5, 5.41) is 2.86. The van der Waals surface area contributed by atoms with Crippen LogP contribution in [0.3, 0.4) is 0 Å². The molecule has 2 aromatic rings. The number of hydrogen-bond donors (Lipinski definition) is 1. The molecule has 1 atom stereocenters. The van der Waals surface area contributed by atoms with E-state index in [0.29, 0.717) is 36.4 Å². The summed E-state index contributed by atoms with van der Waals surface area (Å²) in [5.41, 5.74) is 1.45. The van der Waals surface area contributed by atoms with Gasteiger partial charge in [0.2, 0.25) is 15.9 Å². The molecule has 0 aromatic heterocycles. The number of para-hydroxylation sites is 1. The predicted octanol–water partition coefficient (Wildman–Crippen LogP) is 2.48. The first kappa shape index (κ1) is 21.1. The first-order valence-corrected chi connectivity index (χ1v) is 10.9. The van der Waals surface area contributed by atoms with E-state index in [9.17, 15) is 13.2 Å². The fourth-order valence-electron chi connectivity index (χ4n) is 3.55. The number of benzene rings is 2. The fraction of sp³-hybridized carbons (Fsp3) is 0.381. The van der Waals surface area contributed by atoms with E-state index in [2.05, 4.69) is 5.32 Å². The second-order valence-corrected chi connectivity index (χ2v) is 8.79. The van der Waals surface area contributed by atoms with E-state index in [1.165, 1.54) is 17.5 Å². The van der Waals surface area contributed by atoms with Gasteiger partial charge in [-0.1, -0.05) is 24.3 Å². The van der Waals surface area contributed by atoms with Crippen molar-refractivity contribution >= 4 is 15.9 Å². The Balaban J connectivity index is 1.79. The van der Waals surface area contributed by atoms with E-state index in [1.807, 2.05) is 24.3 Å². The lowest BCUT2D eigenvalue weighted by Gasteiger charge is -2.24. The van der Waals surface area contributed by atoms with Gasteiger partial charge in [0.25, 0.3) is 0 Å². The summed E-state index contributed by atoms with van der Waals surface area (Å²) in [4.78, 5) is 13.0. The number of sulfonamides is 1. The lowest BCUT2D eigenvalue weighted by molar-refractivity contribution is -0.124. The molecule has 0 saturated carbocycles. The number of aryl methyl sites for hydroxylation is 1. The molecule has 1 heterocycles. The zero-order valence-corrected chi connectivity index (χ0v) is 17.7. The number of amides is 1. The van der Waals surface area contributed by atoms with E-state index in [0.717, 1.165) is 5.56 Å². The van der Waals surface area contributed by atoms with Crippen molar-refractivity contribution in [3.63, 3.8) is 0 Å². The van der Waals surface area contributed by atoms with Crippen molar-refractivity contribution in [2.45, 2.75) is 37.2 Å². The highest BCUT2D eigenvalue weighted by atomic mass is 32.2. The third kappa shape index (κ3) is 4.38. The average Bonchev–Trinajstić information content (AvgIpc) is 3.23. The second-order valence-electron chi connectivity index (χ2n) is 6.93. The highest BCUT2D eigenvalue weighted by molar-refractivity contribution is 7.89. The molecule has 7 nitrogen and oxygen atoms in total. The van der Waals surface area contributed by atoms with E-state index >= 15 is 0 Å². The lowest BCUT2D eigenvalue weighted by Crippen LogP contribution is -2.45. The summed E-state index contributed by atoms with van der Waals surface area (Å²) in [6.07, 6.45) is 1.12. The Morgan fingerprint density at radius 2 is 1.93 bits per heavy atom. The maximum atomic E-state index is 13.3. The average molecular weight is 419 g/mol. The third-order valence-corrected chi connectivity index (χ3v) is 7.18. The SMILES string of the molecule is COc1ccc(C)c(S(=O)(=O)N2CCC[C@H]2C(=O)NCc2ccccc2OC)c1. The van der Waals surface area contributed by atoms with Gasteiger partial charge in [0.15, 0.2) is 0 Å². The van der Waals surface area contributed by atoms with Crippen LogP contribution in [0.25, 0.3) is 0 Å². The molecule has 1 fully saturated rings. The van der Waals surface area contributed by atoms with Crippen molar-refractivity contribution < 1.29 is 22.7 Å². The minimum atomic E-state index is -3.82. The van der Waals surface area contributed by atoms with E-state index in [-0.39, 0.29) is 17.3 Å². The van der Waals surface area contributed by atoms with Gasteiger partial charge in [0.05, 0.1) is 19.1 Å². The highest BCUT2D eigenvalue weighted by Gasteiger charge is 2.40. The monoisotopic (exact) mass is 418 g/mol. The van der Waals surface area contributed by atoms with E-state index < -0.39 is 16.1 Å².